The van der Waals surface area contributed by atoms with Crippen LogP contribution >= 0.6 is 27.3 Å². The van der Waals surface area contributed by atoms with Gasteiger partial charge in [-0.15, -0.1) is 11.3 Å². The fourth-order valence-electron chi connectivity index (χ4n) is 1.99. The fraction of sp³-hybridized carbons (Fsp3) is 0.667. The number of hydrogen-bond donors (Lipinski definition) is 1. The Balaban J connectivity index is 1.69. The van der Waals surface area contributed by atoms with Crippen molar-refractivity contribution in [2.24, 2.45) is 0 Å². The van der Waals surface area contributed by atoms with Gasteiger partial charge in [-0.25, -0.2) is 0 Å². The Morgan fingerprint density at radius 2 is 2.29 bits per heavy atom. The van der Waals surface area contributed by atoms with Gasteiger partial charge in [0.1, 0.15) is 0 Å². The van der Waals surface area contributed by atoms with Crippen LogP contribution < -0.4 is 5.32 Å². The van der Waals surface area contributed by atoms with E-state index in [1.165, 1.54) is 9.35 Å². The molecular weight excluding hydrogens is 300 g/mol. The van der Waals surface area contributed by atoms with Crippen molar-refractivity contribution in [1.29, 1.82) is 0 Å². The lowest BCUT2D eigenvalue weighted by Gasteiger charge is -2.32. The molecule has 1 fully saturated rings. The van der Waals surface area contributed by atoms with Gasteiger partial charge in [0.25, 0.3) is 0 Å². The van der Waals surface area contributed by atoms with Gasteiger partial charge in [0.05, 0.1) is 13.2 Å². The van der Waals surface area contributed by atoms with Crippen LogP contribution in [0.1, 0.15) is 11.8 Å². The summed E-state index contributed by atoms with van der Waals surface area (Å²) in [6, 6.07) is 2.69. The Morgan fingerprint density at radius 1 is 1.53 bits per heavy atom. The van der Waals surface area contributed by atoms with Gasteiger partial charge in [0, 0.05) is 41.6 Å². The van der Waals surface area contributed by atoms with E-state index >= 15 is 0 Å². The summed E-state index contributed by atoms with van der Waals surface area (Å²) in [6.07, 6.45) is 0. The third-order valence-corrected chi connectivity index (χ3v) is 5.01. The van der Waals surface area contributed by atoms with E-state index in [9.17, 15) is 0 Å². The van der Waals surface area contributed by atoms with Gasteiger partial charge in [0.2, 0.25) is 0 Å². The molecule has 1 aliphatic heterocycles. The van der Waals surface area contributed by atoms with Crippen LogP contribution in [0, 0.1) is 0 Å². The highest BCUT2D eigenvalue weighted by molar-refractivity contribution is 9.10. The van der Waals surface area contributed by atoms with Crippen LogP contribution in [0.25, 0.3) is 0 Å². The third-order valence-electron chi connectivity index (χ3n) is 3.09. The van der Waals surface area contributed by atoms with E-state index in [0.29, 0.717) is 6.04 Å². The first kappa shape index (κ1) is 13.5. The number of rotatable bonds is 5. The molecule has 0 aromatic carbocycles. The molecule has 0 bridgehead atoms. The molecule has 1 aliphatic rings. The summed E-state index contributed by atoms with van der Waals surface area (Å²) < 4.78 is 6.58. The zero-order chi connectivity index (χ0) is 12.1. The molecule has 1 N–H and O–H groups in total. The summed E-state index contributed by atoms with van der Waals surface area (Å²) >= 11 is 5.35. The predicted molar refractivity (Wildman–Crippen MR) is 75.6 cm³/mol. The van der Waals surface area contributed by atoms with Crippen molar-refractivity contribution in [1.82, 2.24) is 10.2 Å². The Hall–Kier alpha value is 0.0600. The molecular formula is C12H19BrN2OS. The van der Waals surface area contributed by atoms with Crippen molar-refractivity contribution >= 4 is 27.3 Å². The minimum absolute atomic E-state index is 0.581. The van der Waals surface area contributed by atoms with Gasteiger partial charge in [0.15, 0.2) is 0 Å². The lowest BCUT2D eigenvalue weighted by molar-refractivity contribution is 0.0203. The van der Waals surface area contributed by atoms with E-state index in [1.54, 1.807) is 11.3 Å². The highest BCUT2D eigenvalue weighted by Gasteiger charge is 2.16. The van der Waals surface area contributed by atoms with Gasteiger partial charge < -0.3 is 10.1 Å². The molecule has 3 nitrogen and oxygen atoms in total. The summed E-state index contributed by atoms with van der Waals surface area (Å²) in [5.41, 5.74) is 0. The molecule has 1 atom stereocenters. The average Bonchev–Trinajstić information content (AvgIpc) is 2.76. The maximum Gasteiger partial charge on any atom is 0.0594 e. The molecule has 0 amide bonds. The first-order valence-corrected chi connectivity index (χ1v) is 7.69. The summed E-state index contributed by atoms with van der Waals surface area (Å²) in [5, 5.41) is 5.64. The molecule has 17 heavy (non-hydrogen) atoms. The summed E-state index contributed by atoms with van der Waals surface area (Å²) in [7, 11) is 0. The maximum absolute atomic E-state index is 5.36. The van der Waals surface area contributed by atoms with E-state index in [-0.39, 0.29) is 0 Å². The van der Waals surface area contributed by atoms with Gasteiger partial charge in [-0.1, -0.05) is 0 Å². The molecule has 0 spiro atoms. The van der Waals surface area contributed by atoms with Crippen molar-refractivity contribution < 1.29 is 4.74 Å². The zero-order valence-electron chi connectivity index (χ0n) is 10.1. The molecule has 2 heterocycles. The number of morpholine rings is 1. The monoisotopic (exact) mass is 318 g/mol. The molecule has 0 unspecified atom stereocenters. The average molecular weight is 319 g/mol. The second-order valence-corrected chi connectivity index (χ2v) is 6.17. The maximum atomic E-state index is 5.36. The van der Waals surface area contributed by atoms with E-state index in [4.69, 9.17) is 4.74 Å². The fourth-order valence-corrected chi connectivity index (χ4v) is 3.46. The number of ether oxygens (including phenoxy) is 1. The van der Waals surface area contributed by atoms with Gasteiger partial charge >= 0.3 is 0 Å². The van der Waals surface area contributed by atoms with Crippen LogP contribution in [-0.2, 0) is 11.3 Å². The van der Waals surface area contributed by atoms with E-state index < -0.39 is 0 Å². The molecule has 0 radical (unpaired) electrons. The summed E-state index contributed by atoms with van der Waals surface area (Å²) in [5.74, 6) is 0. The lowest BCUT2D eigenvalue weighted by atomic mass is 10.2. The number of thiophene rings is 1. The topological polar surface area (TPSA) is 24.5 Å². The first-order valence-electron chi connectivity index (χ1n) is 6.02. The van der Waals surface area contributed by atoms with Crippen LogP contribution in [0.2, 0.25) is 0 Å². The van der Waals surface area contributed by atoms with Crippen LogP contribution in [0.3, 0.4) is 0 Å². The number of nitrogens with zero attached hydrogens (tertiary/aromatic N) is 1. The van der Waals surface area contributed by atoms with E-state index in [2.05, 4.69) is 44.5 Å². The van der Waals surface area contributed by atoms with Gasteiger partial charge in [-0.3, -0.25) is 4.90 Å². The summed E-state index contributed by atoms with van der Waals surface area (Å²) in [6.45, 7) is 8.14. The van der Waals surface area contributed by atoms with Gasteiger partial charge in [-0.05, 0) is 34.3 Å². The highest BCUT2D eigenvalue weighted by Crippen LogP contribution is 2.22. The largest absolute Gasteiger partial charge is 0.379 e. The van der Waals surface area contributed by atoms with Gasteiger partial charge in [-0.2, -0.15) is 0 Å². The van der Waals surface area contributed by atoms with Crippen LogP contribution in [0.5, 0.6) is 0 Å². The molecule has 2 rings (SSSR count). The minimum Gasteiger partial charge on any atom is -0.379 e. The molecule has 5 heteroatoms. The third kappa shape index (κ3) is 4.03. The van der Waals surface area contributed by atoms with Crippen molar-refractivity contribution in [2.75, 3.05) is 32.8 Å². The Morgan fingerprint density at radius 3 is 2.94 bits per heavy atom. The number of halogens is 1. The van der Waals surface area contributed by atoms with Crippen molar-refractivity contribution in [3.8, 4) is 0 Å². The summed E-state index contributed by atoms with van der Waals surface area (Å²) in [4.78, 5) is 3.86. The zero-order valence-corrected chi connectivity index (χ0v) is 12.5. The second kappa shape index (κ2) is 6.85. The Labute approximate surface area is 115 Å². The molecule has 0 aliphatic carbocycles. The van der Waals surface area contributed by atoms with Crippen molar-refractivity contribution in [2.45, 2.75) is 19.5 Å². The second-order valence-electron chi connectivity index (χ2n) is 4.32. The predicted octanol–water partition coefficient (Wildman–Crippen LogP) is 2.32. The standard InChI is InChI=1S/C12H19BrN2OS/c1-10(15-3-5-16-6-4-15)8-14-9-12-11(13)2-7-17-12/h2,7,10,14H,3-6,8-9H2,1H3/t10-/m0/s1. The number of nitrogens with one attached hydrogen (secondary N) is 1. The lowest BCUT2D eigenvalue weighted by Crippen LogP contribution is -2.46. The smallest absolute Gasteiger partial charge is 0.0594 e. The van der Waals surface area contributed by atoms with E-state index in [1.807, 2.05) is 0 Å². The molecule has 0 saturated carbocycles. The quantitative estimate of drug-likeness (QED) is 0.901. The van der Waals surface area contributed by atoms with Crippen LogP contribution in [0.4, 0.5) is 0 Å². The van der Waals surface area contributed by atoms with Crippen molar-refractivity contribution in [3.05, 3.63) is 20.8 Å². The molecule has 96 valence electrons. The Bertz CT molecular complexity index is 339. The molecule has 1 aromatic rings. The van der Waals surface area contributed by atoms with Crippen LogP contribution in [-0.4, -0.2) is 43.8 Å². The van der Waals surface area contributed by atoms with E-state index in [0.717, 1.165) is 39.4 Å². The highest BCUT2D eigenvalue weighted by atomic mass is 79.9. The molecule has 1 aromatic heterocycles. The first-order chi connectivity index (χ1) is 8.27. The number of hydrogen-bond acceptors (Lipinski definition) is 4. The Kier molecular flexibility index (Phi) is 5.44. The normalized spacial score (nSPS) is 19.4. The molecule has 1 saturated heterocycles. The van der Waals surface area contributed by atoms with Crippen LogP contribution in [0.15, 0.2) is 15.9 Å². The minimum atomic E-state index is 0.581. The SMILES string of the molecule is C[C@@H](CNCc1sccc1Br)N1CCOCC1. The van der Waals surface area contributed by atoms with Crippen molar-refractivity contribution in [3.63, 3.8) is 0 Å².